The molecule has 1 N–H and O–H groups in total. The van der Waals surface area contributed by atoms with E-state index in [2.05, 4.69) is 29.6 Å². The molecule has 0 aliphatic carbocycles. The highest BCUT2D eigenvalue weighted by molar-refractivity contribution is 5.14. The van der Waals surface area contributed by atoms with Crippen LogP contribution in [-0.4, -0.2) is 32.5 Å². The maximum absolute atomic E-state index is 5.65. The van der Waals surface area contributed by atoms with Crippen molar-refractivity contribution in [1.82, 2.24) is 5.32 Å². The third-order valence-corrected chi connectivity index (χ3v) is 3.65. The fourth-order valence-corrected chi connectivity index (χ4v) is 2.51. The van der Waals surface area contributed by atoms with Gasteiger partial charge in [-0.25, -0.2) is 0 Å². The second kappa shape index (κ2) is 9.92. The van der Waals surface area contributed by atoms with Gasteiger partial charge in [0.15, 0.2) is 0 Å². The molecule has 1 aliphatic rings. The van der Waals surface area contributed by atoms with E-state index in [1.165, 1.54) is 18.4 Å². The highest BCUT2D eigenvalue weighted by atomic mass is 16.5. The van der Waals surface area contributed by atoms with Crippen molar-refractivity contribution in [2.24, 2.45) is 0 Å². The third kappa shape index (κ3) is 6.51. The molecule has 1 atom stereocenters. The average molecular weight is 277 g/mol. The summed E-state index contributed by atoms with van der Waals surface area (Å²) in [4.78, 5) is 0. The molecule has 20 heavy (non-hydrogen) atoms. The maximum atomic E-state index is 5.65. The van der Waals surface area contributed by atoms with Crippen molar-refractivity contribution in [2.75, 3.05) is 26.4 Å². The summed E-state index contributed by atoms with van der Waals surface area (Å²) in [5.74, 6) is 0. The smallest absolute Gasteiger partial charge is 0.0576 e. The highest BCUT2D eigenvalue weighted by Gasteiger charge is 2.14. The summed E-state index contributed by atoms with van der Waals surface area (Å²) >= 11 is 0. The number of hydrogen-bond acceptors (Lipinski definition) is 3. The zero-order valence-electron chi connectivity index (χ0n) is 12.4. The van der Waals surface area contributed by atoms with Crippen LogP contribution in [0.5, 0.6) is 0 Å². The van der Waals surface area contributed by atoms with Crippen molar-refractivity contribution >= 4 is 0 Å². The molecule has 1 aliphatic heterocycles. The lowest BCUT2D eigenvalue weighted by molar-refractivity contribution is 0.0813. The number of nitrogens with one attached hydrogen (secondary N) is 1. The lowest BCUT2D eigenvalue weighted by Crippen LogP contribution is -2.16. The van der Waals surface area contributed by atoms with Crippen LogP contribution in [0.4, 0.5) is 0 Å². The Bertz CT molecular complexity index is 336. The molecule has 0 amide bonds. The number of ether oxygens (including phenoxy) is 2. The van der Waals surface area contributed by atoms with Gasteiger partial charge in [-0.1, -0.05) is 30.3 Å². The van der Waals surface area contributed by atoms with Gasteiger partial charge in [-0.15, -0.1) is 0 Å². The van der Waals surface area contributed by atoms with Crippen molar-refractivity contribution in [3.63, 3.8) is 0 Å². The molecule has 3 nitrogen and oxygen atoms in total. The lowest BCUT2D eigenvalue weighted by Gasteiger charge is -2.09. The molecule has 0 spiro atoms. The van der Waals surface area contributed by atoms with Gasteiger partial charge in [-0.2, -0.15) is 0 Å². The monoisotopic (exact) mass is 277 g/mol. The molecule has 2 rings (SSSR count). The van der Waals surface area contributed by atoms with Gasteiger partial charge in [0.05, 0.1) is 6.10 Å². The minimum Gasteiger partial charge on any atom is -0.381 e. The molecular weight excluding hydrogens is 250 g/mol. The molecule has 0 radical (unpaired) electrons. The molecule has 0 bridgehead atoms. The fraction of sp³-hybridized carbons (Fsp3) is 0.647. The van der Waals surface area contributed by atoms with Crippen LogP contribution in [0.2, 0.25) is 0 Å². The molecule has 1 saturated heterocycles. The van der Waals surface area contributed by atoms with Gasteiger partial charge < -0.3 is 14.8 Å². The standard InChI is InChI=1S/C17H27NO2/c1-2-7-16(8-3-1)15-18-11-6-13-19-12-4-9-17-10-5-14-20-17/h1-3,7-8,17-18H,4-6,9-15H2. The Hall–Kier alpha value is -0.900. The van der Waals surface area contributed by atoms with Crippen LogP contribution in [-0.2, 0) is 16.0 Å². The van der Waals surface area contributed by atoms with E-state index in [1.807, 2.05) is 6.07 Å². The van der Waals surface area contributed by atoms with E-state index >= 15 is 0 Å². The third-order valence-electron chi connectivity index (χ3n) is 3.65. The molecule has 1 fully saturated rings. The van der Waals surface area contributed by atoms with Crippen LogP contribution in [0.1, 0.15) is 37.7 Å². The molecular formula is C17H27NO2. The van der Waals surface area contributed by atoms with Gasteiger partial charge >= 0.3 is 0 Å². The Labute approximate surface area is 122 Å². The Morgan fingerprint density at radius 1 is 1.15 bits per heavy atom. The van der Waals surface area contributed by atoms with Gasteiger partial charge in [0.2, 0.25) is 0 Å². The van der Waals surface area contributed by atoms with E-state index in [9.17, 15) is 0 Å². The molecule has 1 heterocycles. The summed E-state index contributed by atoms with van der Waals surface area (Å²) in [5, 5.41) is 3.44. The van der Waals surface area contributed by atoms with Crippen molar-refractivity contribution in [1.29, 1.82) is 0 Å². The van der Waals surface area contributed by atoms with Crippen molar-refractivity contribution in [3.05, 3.63) is 35.9 Å². The van der Waals surface area contributed by atoms with Crippen LogP contribution in [0.25, 0.3) is 0 Å². The summed E-state index contributed by atoms with van der Waals surface area (Å²) in [6, 6.07) is 10.5. The van der Waals surface area contributed by atoms with Crippen molar-refractivity contribution in [2.45, 2.75) is 44.8 Å². The first-order chi connectivity index (χ1) is 9.95. The minimum absolute atomic E-state index is 0.506. The quantitative estimate of drug-likeness (QED) is 0.666. The summed E-state index contributed by atoms with van der Waals surface area (Å²) in [6.07, 6.45) is 6.34. The van der Waals surface area contributed by atoms with Gasteiger partial charge in [0.25, 0.3) is 0 Å². The first kappa shape index (κ1) is 15.5. The largest absolute Gasteiger partial charge is 0.381 e. The molecule has 1 aromatic carbocycles. The highest BCUT2D eigenvalue weighted by Crippen LogP contribution is 2.16. The Balaban J connectivity index is 1.35. The topological polar surface area (TPSA) is 30.5 Å². The minimum atomic E-state index is 0.506. The SMILES string of the molecule is c1ccc(CNCCCOCCCC2CCCO2)cc1. The van der Waals surface area contributed by atoms with Crippen LogP contribution in [0.15, 0.2) is 30.3 Å². The molecule has 3 heteroatoms. The summed E-state index contributed by atoms with van der Waals surface area (Å²) in [5.41, 5.74) is 1.34. The Kier molecular flexibility index (Phi) is 7.68. The summed E-state index contributed by atoms with van der Waals surface area (Å²) in [7, 11) is 0. The van der Waals surface area contributed by atoms with Gasteiger partial charge in [-0.3, -0.25) is 0 Å². The van der Waals surface area contributed by atoms with Gasteiger partial charge in [0, 0.05) is 26.4 Å². The maximum Gasteiger partial charge on any atom is 0.0576 e. The van der Waals surface area contributed by atoms with Crippen LogP contribution in [0.3, 0.4) is 0 Å². The fourth-order valence-electron chi connectivity index (χ4n) is 2.51. The second-order valence-corrected chi connectivity index (χ2v) is 5.41. The van der Waals surface area contributed by atoms with E-state index < -0.39 is 0 Å². The normalized spacial score (nSPS) is 18.5. The lowest BCUT2D eigenvalue weighted by atomic mass is 10.1. The summed E-state index contributed by atoms with van der Waals surface area (Å²) < 4.78 is 11.2. The first-order valence-corrected chi connectivity index (χ1v) is 7.89. The van der Waals surface area contributed by atoms with Crippen molar-refractivity contribution in [3.8, 4) is 0 Å². The van der Waals surface area contributed by atoms with E-state index in [1.54, 1.807) is 0 Å². The molecule has 112 valence electrons. The van der Waals surface area contributed by atoms with E-state index in [0.717, 1.165) is 52.2 Å². The first-order valence-electron chi connectivity index (χ1n) is 7.89. The van der Waals surface area contributed by atoms with Gasteiger partial charge in [0.1, 0.15) is 0 Å². The van der Waals surface area contributed by atoms with Gasteiger partial charge in [-0.05, 0) is 44.2 Å². The molecule has 1 unspecified atom stereocenters. The van der Waals surface area contributed by atoms with E-state index in [-0.39, 0.29) is 0 Å². The summed E-state index contributed by atoms with van der Waals surface area (Å²) in [6.45, 7) is 4.64. The zero-order chi connectivity index (χ0) is 13.9. The molecule has 0 aromatic heterocycles. The Morgan fingerprint density at radius 2 is 2.00 bits per heavy atom. The van der Waals surface area contributed by atoms with Crippen molar-refractivity contribution < 1.29 is 9.47 Å². The predicted molar refractivity (Wildman–Crippen MR) is 81.8 cm³/mol. The van der Waals surface area contributed by atoms with Crippen LogP contribution < -0.4 is 5.32 Å². The number of benzene rings is 1. The van der Waals surface area contributed by atoms with Crippen LogP contribution >= 0.6 is 0 Å². The molecule has 0 saturated carbocycles. The zero-order valence-corrected chi connectivity index (χ0v) is 12.4. The predicted octanol–water partition coefficient (Wildman–Crippen LogP) is 3.14. The number of rotatable bonds is 10. The molecule has 1 aromatic rings. The van der Waals surface area contributed by atoms with Crippen LogP contribution in [0, 0.1) is 0 Å². The van der Waals surface area contributed by atoms with E-state index in [0.29, 0.717) is 6.10 Å². The second-order valence-electron chi connectivity index (χ2n) is 5.41. The average Bonchev–Trinajstić information content (AvgIpc) is 3.00. The van der Waals surface area contributed by atoms with E-state index in [4.69, 9.17) is 9.47 Å². The Morgan fingerprint density at radius 3 is 2.80 bits per heavy atom. The number of hydrogen-bond donors (Lipinski definition) is 1.